The van der Waals surface area contributed by atoms with Crippen LogP contribution in [-0.4, -0.2) is 15.7 Å². The van der Waals surface area contributed by atoms with Gasteiger partial charge in [0.25, 0.3) is 5.91 Å². The molecule has 0 bridgehead atoms. The molecule has 1 amide bonds. The van der Waals surface area contributed by atoms with Crippen molar-refractivity contribution < 1.29 is 4.79 Å². The van der Waals surface area contributed by atoms with Crippen LogP contribution in [0.5, 0.6) is 0 Å². The van der Waals surface area contributed by atoms with Gasteiger partial charge in [-0.05, 0) is 60.0 Å². The first kappa shape index (κ1) is 13.8. The van der Waals surface area contributed by atoms with Crippen molar-refractivity contribution in [2.24, 2.45) is 0 Å². The smallest absolute Gasteiger partial charge is 0.277 e. The van der Waals surface area contributed by atoms with Crippen LogP contribution in [0.3, 0.4) is 0 Å². The highest BCUT2D eigenvalue weighted by Crippen LogP contribution is 2.18. The molecule has 1 N–H and O–H groups in total. The minimum absolute atomic E-state index is 0.206. The fourth-order valence-corrected chi connectivity index (χ4v) is 2.22. The predicted octanol–water partition coefficient (Wildman–Crippen LogP) is 3.53. The van der Waals surface area contributed by atoms with Gasteiger partial charge in [-0.15, -0.1) is 0 Å². The van der Waals surface area contributed by atoms with Gasteiger partial charge in [-0.1, -0.05) is 6.07 Å². The molecular weight excluding hydrogens is 306 g/mol. The molecule has 0 saturated heterocycles. The number of hydrogen-bond donors (Lipinski definition) is 1. The molecule has 0 aliphatic heterocycles. The Morgan fingerprint density at radius 3 is 2.68 bits per heavy atom. The number of amides is 1. The lowest BCUT2D eigenvalue weighted by Gasteiger charge is -2.06. The Morgan fingerprint density at radius 2 is 2.11 bits per heavy atom. The van der Waals surface area contributed by atoms with E-state index in [4.69, 9.17) is 0 Å². The Morgan fingerprint density at radius 1 is 1.37 bits per heavy atom. The zero-order chi connectivity index (χ0) is 14.0. The van der Waals surface area contributed by atoms with Crippen molar-refractivity contribution in [2.75, 3.05) is 5.32 Å². The Kier molecular flexibility index (Phi) is 4.04. The minimum Gasteiger partial charge on any atom is -0.321 e. The van der Waals surface area contributed by atoms with Gasteiger partial charge in [0, 0.05) is 18.4 Å². The molecule has 0 spiro atoms. The van der Waals surface area contributed by atoms with Gasteiger partial charge in [0.05, 0.1) is 4.47 Å². The topological polar surface area (TPSA) is 46.9 Å². The summed E-state index contributed by atoms with van der Waals surface area (Å²) in [5.74, 6) is -0.206. The Labute approximate surface area is 120 Å². The number of hydrogen-bond acceptors (Lipinski definition) is 2. The molecule has 5 heteroatoms. The van der Waals surface area contributed by atoms with E-state index < -0.39 is 0 Å². The van der Waals surface area contributed by atoms with Crippen LogP contribution in [0.2, 0.25) is 0 Å². The summed E-state index contributed by atoms with van der Waals surface area (Å²) in [6.07, 6.45) is 1.80. The molecule has 0 aliphatic rings. The molecule has 0 atom stereocenters. The lowest BCUT2D eigenvalue weighted by Crippen LogP contribution is -2.14. The van der Waals surface area contributed by atoms with Crippen LogP contribution < -0.4 is 5.32 Å². The Bertz CT molecular complexity index is 619. The van der Waals surface area contributed by atoms with E-state index in [2.05, 4.69) is 26.3 Å². The highest BCUT2D eigenvalue weighted by atomic mass is 79.9. The van der Waals surface area contributed by atoms with Gasteiger partial charge < -0.3 is 5.32 Å². The number of aryl methyl sites for hydroxylation is 3. The van der Waals surface area contributed by atoms with Gasteiger partial charge >= 0.3 is 0 Å². The summed E-state index contributed by atoms with van der Waals surface area (Å²) in [7, 11) is 0. The second kappa shape index (κ2) is 5.57. The first-order valence-electron chi connectivity index (χ1n) is 6.12. The van der Waals surface area contributed by atoms with Crippen molar-refractivity contribution in [1.82, 2.24) is 9.78 Å². The second-order valence-corrected chi connectivity index (χ2v) is 5.29. The molecule has 0 fully saturated rings. The molecule has 0 saturated carbocycles. The summed E-state index contributed by atoms with van der Waals surface area (Å²) < 4.78 is 2.43. The highest BCUT2D eigenvalue weighted by molar-refractivity contribution is 9.10. The summed E-state index contributed by atoms with van der Waals surface area (Å²) in [6, 6.07) is 5.84. The molecule has 2 aromatic rings. The number of rotatable bonds is 3. The Balaban J connectivity index is 2.20. The zero-order valence-corrected chi connectivity index (χ0v) is 12.8. The molecule has 0 radical (unpaired) electrons. The summed E-state index contributed by atoms with van der Waals surface area (Å²) in [4.78, 5) is 12.1. The molecule has 4 nitrogen and oxygen atoms in total. The Hall–Kier alpha value is -1.62. The standard InChI is InChI=1S/C14H16BrN3O/c1-4-18-8-12(15)13(17-18)14(19)16-11-6-5-9(2)10(3)7-11/h5-8H,4H2,1-3H3,(H,16,19). The average Bonchev–Trinajstić information content (AvgIpc) is 2.75. The predicted molar refractivity (Wildman–Crippen MR) is 79.5 cm³/mol. The first-order valence-corrected chi connectivity index (χ1v) is 6.92. The second-order valence-electron chi connectivity index (χ2n) is 4.43. The van der Waals surface area contributed by atoms with E-state index in [1.54, 1.807) is 10.9 Å². The third-order valence-electron chi connectivity index (χ3n) is 3.02. The van der Waals surface area contributed by atoms with E-state index in [1.165, 1.54) is 5.56 Å². The maximum Gasteiger partial charge on any atom is 0.277 e. The van der Waals surface area contributed by atoms with Gasteiger partial charge in [-0.2, -0.15) is 5.10 Å². The molecule has 0 unspecified atom stereocenters. The average molecular weight is 322 g/mol. The van der Waals surface area contributed by atoms with Crippen molar-refractivity contribution in [3.05, 3.63) is 45.7 Å². The summed E-state index contributed by atoms with van der Waals surface area (Å²) in [5, 5.41) is 7.08. The van der Waals surface area contributed by atoms with E-state index in [0.717, 1.165) is 17.8 Å². The van der Waals surface area contributed by atoms with E-state index >= 15 is 0 Å². The fourth-order valence-electron chi connectivity index (χ4n) is 1.72. The lowest BCUT2D eigenvalue weighted by molar-refractivity contribution is 0.102. The van der Waals surface area contributed by atoms with Crippen molar-refractivity contribution in [1.29, 1.82) is 0 Å². The van der Waals surface area contributed by atoms with Crippen LogP contribution in [0.15, 0.2) is 28.9 Å². The first-order chi connectivity index (χ1) is 9.01. The maximum absolute atomic E-state index is 12.1. The molecule has 1 heterocycles. The zero-order valence-electron chi connectivity index (χ0n) is 11.2. The summed E-state index contributed by atoms with van der Waals surface area (Å²) >= 11 is 3.35. The number of nitrogens with one attached hydrogen (secondary N) is 1. The quantitative estimate of drug-likeness (QED) is 0.939. The molecule has 19 heavy (non-hydrogen) atoms. The van der Waals surface area contributed by atoms with Crippen LogP contribution in [-0.2, 0) is 6.54 Å². The maximum atomic E-state index is 12.1. The number of anilines is 1. The molecule has 2 rings (SSSR count). The van der Waals surface area contributed by atoms with Gasteiger partial charge in [0.1, 0.15) is 0 Å². The van der Waals surface area contributed by atoms with E-state index in [0.29, 0.717) is 10.2 Å². The number of halogens is 1. The van der Waals surface area contributed by atoms with Gasteiger partial charge in [0.15, 0.2) is 5.69 Å². The van der Waals surface area contributed by atoms with E-state index in [9.17, 15) is 4.79 Å². The van der Waals surface area contributed by atoms with Gasteiger partial charge in [-0.25, -0.2) is 0 Å². The summed E-state index contributed by atoms with van der Waals surface area (Å²) in [5.41, 5.74) is 3.54. The van der Waals surface area contributed by atoms with Crippen molar-refractivity contribution in [3.8, 4) is 0 Å². The number of carbonyl (C=O) groups is 1. The normalized spacial score (nSPS) is 10.5. The van der Waals surface area contributed by atoms with Crippen LogP contribution in [0, 0.1) is 13.8 Å². The SMILES string of the molecule is CCn1cc(Br)c(C(=O)Nc2ccc(C)c(C)c2)n1. The van der Waals surface area contributed by atoms with Crippen LogP contribution in [0.25, 0.3) is 0 Å². The van der Waals surface area contributed by atoms with Gasteiger partial charge in [0.2, 0.25) is 0 Å². The fraction of sp³-hybridized carbons (Fsp3) is 0.286. The largest absolute Gasteiger partial charge is 0.321 e. The molecular formula is C14H16BrN3O. The molecule has 1 aromatic carbocycles. The van der Waals surface area contributed by atoms with Crippen molar-refractivity contribution in [3.63, 3.8) is 0 Å². The molecule has 0 aliphatic carbocycles. The van der Waals surface area contributed by atoms with Crippen LogP contribution in [0.4, 0.5) is 5.69 Å². The number of aromatic nitrogens is 2. The molecule has 100 valence electrons. The van der Waals surface area contributed by atoms with E-state index in [1.807, 2.05) is 39.0 Å². The van der Waals surface area contributed by atoms with Crippen molar-refractivity contribution in [2.45, 2.75) is 27.3 Å². The highest BCUT2D eigenvalue weighted by Gasteiger charge is 2.15. The van der Waals surface area contributed by atoms with Crippen LogP contribution in [0.1, 0.15) is 28.5 Å². The lowest BCUT2D eigenvalue weighted by atomic mass is 10.1. The number of nitrogens with zero attached hydrogens (tertiary/aromatic N) is 2. The number of carbonyl (C=O) groups excluding carboxylic acids is 1. The molecule has 1 aromatic heterocycles. The minimum atomic E-state index is -0.206. The number of benzene rings is 1. The van der Waals surface area contributed by atoms with Crippen LogP contribution >= 0.6 is 15.9 Å². The monoisotopic (exact) mass is 321 g/mol. The third kappa shape index (κ3) is 3.04. The van der Waals surface area contributed by atoms with E-state index in [-0.39, 0.29) is 5.91 Å². The summed E-state index contributed by atoms with van der Waals surface area (Å²) in [6.45, 7) is 6.77. The third-order valence-corrected chi connectivity index (χ3v) is 3.60. The van der Waals surface area contributed by atoms with Gasteiger partial charge in [-0.3, -0.25) is 9.48 Å². The van der Waals surface area contributed by atoms with Crippen molar-refractivity contribution >= 4 is 27.5 Å².